The fraction of sp³-hybridized carbons (Fsp3) is 0.381. The van der Waals surface area contributed by atoms with Crippen molar-refractivity contribution in [3.8, 4) is 6.07 Å². The van der Waals surface area contributed by atoms with Gasteiger partial charge >= 0.3 is 0 Å². The first kappa shape index (κ1) is 18.5. The van der Waals surface area contributed by atoms with Crippen LogP contribution >= 0.6 is 11.6 Å². The van der Waals surface area contributed by atoms with E-state index in [0.29, 0.717) is 22.1 Å². The van der Waals surface area contributed by atoms with Crippen molar-refractivity contribution < 1.29 is 5.11 Å². The molecule has 24 heavy (non-hydrogen) atoms. The zero-order valence-corrected chi connectivity index (χ0v) is 15.6. The molecular weight excluding hydrogens is 318 g/mol. The van der Waals surface area contributed by atoms with E-state index in [1.807, 2.05) is 38.1 Å². The zero-order valence-electron chi connectivity index (χ0n) is 14.9. The van der Waals surface area contributed by atoms with E-state index in [0.717, 1.165) is 11.1 Å². The second-order valence-electron chi connectivity index (χ2n) is 7.03. The van der Waals surface area contributed by atoms with E-state index in [1.54, 1.807) is 19.1 Å². The number of hydrogen-bond acceptors (Lipinski definition) is 2. The van der Waals surface area contributed by atoms with Gasteiger partial charge < -0.3 is 5.11 Å². The van der Waals surface area contributed by atoms with Gasteiger partial charge in [0.15, 0.2) is 0 Å². The predicted molar refractivity (Wildman–Crippen MR) is 99.5 cm³/mol. The molecule has 126 valence electrons. The minimum absolute atomic E-state index is 0.150. The topological polar surface area (TPSA) is 44.0 Å². The number of rotatable bonds is 4. The molecule has 0 saturated carbocycles. The van der Waals surface area contributed by atoms with E-state index >= 15 is 0 Å². The molecule has 3 heteroatoms. The van der Waals surface area contributed by atoms with Crippen LogP contribution in [0.1, 0.15) is 74.3 Å². The van der Waals surface area contributed by atoms with Crippen molar-refractivity contribution in [2.24, 2.45) is 0 Å². The number of halogens is 1. The minimum atomic E-state index is -1.21. The van der Waals surface area contributed by atoms with Crippen molar-refractivity contribution >= 4 is 11.6 Å². The van der Waals surface area contributed by atoms with Gasteiger partial charge in [-0.15, -0.1) is 0 Å². The van der Waals surface area contributed by atoms with Crippen LogP contribution in [0, 0.1) is 11.3 Å². The lowest BCUT2D eigenvalue weighted by atomic mass is 9.84. The van der Waals surface area contributed by atoms with Crippen molar-refractivity contribution in [1.82, 2.24) is 0 Å². The molecule has 2 rings (SSSR count). The van der Waals surface area contributed by atoms with Crippen molar-refractivity contribution in [3.05, 3.63) is 69.2 Å². The lowest BCUT2D eigenvalue weighted by Gasteiger charge is -2.26. The van der Waals surface area contributed by atoms with Gasteiger partial charge in [0, 0.05) is 5.02 Å². The molecule has 0 radical (unpaired) electrons. The van der Waals surface area contributed by atoms with Crippen LogP contribution in [0.2, 0.25) is 5.02 Å². The third-order valence-electron chi connectivity index (χ3n) is 4.53. The Bertz CT molecular complexity index is 768. The van der Waals surface area contributed by atoms with E-state index in [-0.39, 0.29) is 5.92 Å². The summed E-state index contributed by atoms with van der Waals surface area (Å²) in [4.78, 5) is 0. The Balaban J connectivity index is 2.53. The second kappa shape index (κ2) is 6.97. The molecule has 0 aromatic heterocycles. The summed E-state index contributed by atoms with van der Waals surface area (Å²) < 4.78 is 0. The highest BCUT2D eigenvalue weighted by atomic mass is 35.5. The van der Waals surface area contributed by atoms with Gasteiger partial charge in [-0.25, -0.2) is 0 Å². The lowest BCUT2D eigenvalue weighted by molar-refractivity contribution is 0.102. The molecule has 0 amide bonds. The lowest BCUT2D eigenvalue weighted by Crippen LogP contribution is -2.23. The van der Waals surface area contributed by atoms with Crippen molar-refractivity contribution in [1.29, 1.82) is 5.26 Å². The van der Waals surface area contributed by atoms with Gasteiger partial charge in [-0.3, -0.25) is 0 Å². The van der Waals surface area contributed by atoms with Gasteiger partial charge in [0.05, 0.1) is 11.6 Å². The molecule has 0 aliphatic heterocycles. The van der Waals surface area contributed by atoms with Crippen LogP contribution in [0.25, 0.3) is 0 Å². The molecule has 0 bridgehead atoms. The SMILES string of the molecule is CC(C)c1ccc(C(C)(O)c2cc(Cl)c(C(C)C)c(C#N)c2)cc1. The van der Waals surface area contributed by atoms with Crippen LogP contribution in [0.5, 0.6) is 0 Å². The number of aliphatic hydroxyl groups is 1. The molecule has 2 aromatic rings. The largest absolute Gasteiger partial charge is 0.381 e. The van der Waals surface area contributed by atoms with Gasteiger partial charge in [0.25, 0.3) is 0 Å². The van der Waals surface area contributed by atoms with Gasteiger partial charge in [-0.1, -0.05) is 63.6 Å². The third-order valence-corrected chi connectivity index (χ3v) is 4.84. The Labute approximate surface area is 149 Å². The number of hydrogen-bond donors (Lipinski definition) is 1. The molecule has 0 aliphatic carbocycles. The smallest absolute Gasteiger partial charge is 0.112 e. The molecule has 1 atom stereocenters. The molecule has 0 heterocycles. The van der Waals surface area contributed by atoms with Crippen LogP contribution in [-0.2, 0) is 5.60 Å². The highest BCUT2D eigenvalue weighted by Crippen LogP contribution is 2.36. The fourth-order valence-corrected chi connectivity index (χ4v) is 3.37. The Morgan fingerprint density at radius 2 is 1.58 bits per heavy atom. The average molecular weight is 342 g/mol. The molecule has 0 fully saturated rings. The molecule has 2 nitrogen and oxygen atoms in total. The molecule has 2 aromatic carbocycles. The van der Waals surface area contributed by atoms with Crippen molar-refractivity contribution in [3.63, 3.8) is 0 Å². The van der Waals surface area contributed by atoms with Gasteiger partial charge in [-0.05, 0) is 53.1 Å². The zero-order chi connectivity index (χ0) is 18.1. The van der Waals surface area contributed by atoms with E-state index in [2.05, 4.69) is 19.9 Å². The Morgan fingerprint density at radius 3 is 2.04 bits per heavy atom. The van der Waals surface area contributed by atoms with Crippen LogP contribution in [0.3, 0.4) is 0 Å². The van der Waals surface area contributed by atoms with Gasteiger partial charge in [0.2, 0.25) is 0 Å². The van der Waals surface area contributed by atoms with Crippen LogP contribution in [-0.4, -0.2) is 5.11 Å². The first-order valence-corrected chi connectivity index (χ1v) is 8.63. The maximum absolute atomic E-state index is 11.1. The van der Waals surface area contributed by atoms with E-state index < -0.39 is 5.60 Å². The van der Waals surface area contributed by atoms with Gasteiger partial charge in [0.1, 0.15) is 5.60 Å². The van der Waals surface area contributed by atoms with Crippen molar-refractivity contribution in [2.75, 3.05) is 0 Å². The summed E-state index contributed by atoms with van der Waals surface area (Å²) in [5, 5.41) is 21.1. The third kappa shape index (κ3) is 3.48. The summed E-state index contributed by atoms with van der Waals surface area (Å²) in [6.07, 6.45) is 0. The van der Waals surface area contributed by atoms with E-state index in [1.165, 1.54) is 5.56 Å². The van der Waals surface area contributed by atoms with Crippen LogP contribution in [0.4, 0.5) is 0 Å². The predicted octanol–water partition coefficient (Wildman–Crippen LogP) is 5.71. The van der Waals surface area contributed by atoms with Crippen LogP contribution in [0.15, 0.2) is 36.4 Å². The van der Waals surface area contributed by atoms with E-state index in [9.17, 15) is 10.4 Å². The van der Waals surface area contributed by atoms with Crippen molar-refractivity contribution in [2.45, 2.75) is 52.1 Å². The first-order valence-electron chi connectivity index (χ1n) is 8.25. The Morgan fingerprint density at radius 1 is 1.00 bits per heavy atom. The minimum Gasteiger partial charge on any atom is -0.381 e. The summed E-state index contributed by atoms with van der Waals surface area (Å²) in [5.74, 6) is 0.588. The monoisotopic (exact) mass is 341 g/mol. The molecule has 1 unspecified atom stereocenters. The number of benzene rings is 2. The van der Waals surface area contributed by atoms with Crippen LogP contribution < -0.4 is 0 Å². The molecule has 0 spiro atoms. The average Bonchev–Trinajstić information content (AvgIpc) is 2.53. The first-order chi connectivity index (χ1) is 11.2. The summed E-state index contributed by atoms with van der Waals surface area (Å²) in [7, 11) is 0. The molecular formula is C21H24ClNO. The highest BCUT2D eigenvalue weighted by molar-refractivity contribution is 6.31. The molecule has 1 N–H and O–H groups in total. The summed E-state index contributed by atoms with van der Waals surface area (Å²) in [5.41, 5.74) is 2.77. The Hall–Kier alpha value is -1.82. The quantitative estimate of drug-likeness (QED) is 0.773. The number of nitriles is 1. The summed E-state index contributed by atoms with van der Waals surface area (Å²) in [6.45, 7) is 10.0. The maximum atomic E-state index is 11.1. The summed E-state index contributed by atoms with van der Waals surface area (Å²) >= 11 is 6.41. The standard InChI is InChI=1S/C21H24ClNO/c1-13(2)15-6-8-17(9-7-15)21(5,24)18-10-16(12-23)20(14(3)4)19(22)11-18/h6-11,13-14,24H,1-5H3. The van der Waals surface area contributed by atoms with Gasteiger partial charge in [-0.2, -0.15) is 5.26 Å². The Kier molecular flexibility index (Phi) is 5.38. The van der Waals surface area contributed by atoms with E-state index in [4.69, 9.17) is 11.6 Å². The molecule has 0 aliphatic rings. The second-order valence-corrected chi connectivity index (χ2v) is 7.44. The maximum Gasteiger partial charge on any atom is 0.112 e. The highest BCUT2D eigenvalue weighted by Gasteiger charge is 2.28. The molecule has 0 saturated heterocycles. The number of nitrogens with zero attached hydrogens (tertiary/aromatic N) is 1. The fourth-order valence-electron chi connectivity index (χ4n) is 2.94. The summed E-state index contributed by atoms with van der Waals surface area (Å²) in [6, 6.07) is 13.7. The normalized spacial score (nSPS) is 13.8.